The van der Waals surface area contributed by atoms with Gasteiger partial charge in [-0.25, -0.2) is 9.59 Å². The molecule has 0 aliphatic heterocycles. The van der Waals surface area contributed by atoms with Crippen molar-refractivity contribution in [2.45, 2.75) is 33.1 Å². The van der Waals surface area contributed by atoms with Crippen LogP contribution in [-0.4, -0.2) is 33.7 Å². The van der Waals surface area contributed by atoms with Crippen molar-refractivity contribution in [3.63, 3.8) is 0 Å². The first-order valence-electron chi connectivity index (χ1n) is 12.1. The van der Waals surface area contributed by atoms with Crippen molar-refractivity contribution in [2.75, 3.05) is 13.1 Å². The lowest BCUT2D eigenvalue weighted by molar-refractivity contribution is -0.137. The predicted molar refractivity (Wildman–Crippen MR) is 147 cm³/mol. The van der Waals surface area contributed by atoms with E-state index in [-0.39, 0.29) is 36.2 Å². The summed E-state index contributed by atoms with van der Waals surface area (Å²) in [5.74, 6) is -1.42. The molecule has 12 heteroatoms. The molecule has 40 heavy (non-hydrogen) atoms. The molecule has 212 valence electrons. The molecule has 1 aromatic heterocycles. The normalized spacial score (nSPS) is 11.4. The average molecular weight is 596 g/mol. The van der Waals surface area contributed by atoms with E-state index in [4.69, 9.17) is 20.8 Å². The molecule has 1 heterocycles. The standard InChI is InChI=1S/C28H25ClF3N3O4.ClH/c1-3-34(4-2)16-18-5-7-20(8-6-18)26(36)38-24-14-13-23(29)15-21(24)17-35-27(37)39-25(33-35)19-9-11-22(12-10-19)28(30,31)32;/h5-15H,3-4,16-17H2,1-2H3;1H. The third-order valence-corrected chi connectivity index (χ3v) is 6.34. The second-order valence-electron chi connectivity index (χ2n) is 8.71. The van der Waals surface area contributed by atoms with Crippen molar-refractivity contribution in [1.29, 1.82) is 0 Å². The zero-order valence-electron chi connectivity index (χ0n) is 21.6. The number of ether oxygens (including phenoxy) is 1. The van der Waals surface area contributed by atoms with Crippen molar-refractivity contribution in [3.05, 3.63) is 105 Å². The molecule has 0 N–H and O–H groups in total. The van der Waals surface area contributed by atoms with E-state index in [2.05, 4.69) is 23.8 Å². The van der Waals surface area contributed by atoms with E-state index >= 15 is 0 Å². The van der Waals surface area contributed by atoms with Crippen molar-refractivity contribution >= 4 is 30.0 Å². The molecule has 0 saturated carbocycles. The molecule has 4 aromatic rings. The monoisotopic (exact) mass is 595 g/mol. The number of rotatable bonds is 9. The number of benzene rings is 3. The molecule has 0 aliphatic rings. The fourth-order valence-electron chi connectivity index (χ4n) is 3.87. The third-order valence-electron chi connectivity index (χ3n) is 6.10. The van der Waals surface area contributed by atoms with Gasteiger partial charge in [0.1, 0.15) is 5.75 Å². The summed E-state index contributed by atoms with van der Waals surface area (Å²) in [7, 11) is 0. The second-order valence-corrected chi connectivity index (χ2v) is 9.14. The van der Waals surface area contributed by atoms with E-state index in [1.54, 1.807) is 18.2 Å². The Bertz CT molecular complexity index is 1500. The molecule has 3 aromatic carbocycles. The fourth-order valence-corrected chi connectivity index (χ4v) is 4.06. The molecular formula is C28H26Cl2F3N3O4. The summed E-state index contributed by atoms with van der Waals surface area (Å²) in [5.41, 5.74) is 1.15. The first-order valence-corrected chi connectivity index (χ1v) is 12.5. The van der Waals surface area contributed by atoms with Crippen LogP contribution in [0.5, 0.6) is 5.75 Å². The summed E-state index contributed by atoms with van der Waals surface area (Å²) in [6, 6.07) is 15.8. The minimum absolute atomic E-state index is 0. The molecule has 0 aliphatic carbocycles. The largest absolute Gasteiger partial charge is 0.437 e. The van der Waals surface area contributed by atoms with E-state index in [1.807, 2.05) is 12.1 Å². The number of aromatic nitrogens is 2. The quantitative estimate of drug-likeness (QED) is 0.158. The molecule has 0 fully saturated rings. The van der Waals surface area contributed by atoms with Gasteiger partial charge in [0, 0.05) is 22.7 Å². The zero-order chi connectivity index (χ0) is 28.2. The summed E-state index contributed by atoms with van der Waals surface area (Å²) in [6.45, 7) is 6.61. The number of carbonyl (C=O) groups is 1. The van der Waals surface area contributed by atoms with Crippen LogP contribution in [0, 0.1) is 0 Å². The highest BCUT2D eigenvalue weighted by atomic mass is 35.5. The lowest BCUT2D eigenvalue weighted by Gasteiger charge is -2.18. The number of nitrogens with zero attached hydrogens (tertiary/aromatic N) is 3. The molecule has 7 nitrogen and oxygen atoms in total. The van der Waals surface area contributed by atoms with Crippen molar-refractivity contribution < 1.29 is 27.1 Å². The Hall–Kier alpha value is -3.60. The number of alkyl halides is 3. The average Bonchev–Trinajstić information content (AvgIpc) is 3.28. The molecule has 0 saturated heterocycles. The highest BCUT2D eigenvalue weighted by Gasteiger charge is 2.30. The molecule has 0 spiro atoms. The number of esters is 1. The fraction of sp³-hybridized carbons (Fsp3) is 0.250. The minimum atomic E-state index is -4.49. The van der Waals surface area contributed by atoms with E-state index < -0.39 is 23.5 Å². The second kappa shape index (κ2) is 13.2. The van der Waals surface area contributed by atoms with Gasteiger partial charge in [-0.2, -0.15) is 17.9 Å². The van der Waals surface area contributed by atoms with E-state index in [1.165, 1.54) is 24.3 Å². The van der Waals surface area contributed by atoms with Crippen LogP contribution in [0.1, 0.15) is 40.9 Å². The van der Waals surface area contributed by atoms with Crippen LogP contribution < -0.4 is 10.5 Å². The third kappa shape index (κ3) is 7.53. The Labute approximate surface area is 239 Å². The van der Waals surface area contributed by atoms with Crippen LogP contribution >= 0.6 is 24.0 Å². The van der Waals surface area contributed by atoms with E-state index in [0.29, 0.717) is 16.1 Å². The van der Waals surface area contributed by atoms with Gasteiger partial charge in [0.15, 0.2) is 0 Å². The van der Waals surface area contributed by atoms with Gasteiger partial charge in [-0.1, -0.05) is 37.6 Å². The minimum Gasteiger partial charge on any atom is -0.423 e. The van der Waals surface area contributed by atoms with E-state index in [0.717, 1.165) is 42.0 Å². The topological polar surface area (TPSA) is 77.6 Å². The maximum atomic E-state index is 12.9. The molecule has 0 unspecified atom stereocenters. The lowest BCUT2D eigenvalue weighted by Crippen LogP contribution is -2.22. The summed E-state index contributed by atoms with van der Waals surface area (Å²) in [6.07, 6.45) is -4.49. The number of carbonyl (C=O) groups excluding carboxylic acids is 1. The van der Waals surface area contributed by atoms with Crippen LogP contribution in [0.2, 0.25) is 5.02 Å². The van der Waals surface area contributed by atoms with Crippen LogP contribution in [0.4, 0.5) is 13.2 Å². The Morgan fingerprint density at radius 3 is 2.27 bits per heavy atom. The zero-order valence-corrected chi connectivity index (χ0v) is 23.1. The maximum absolute atomic E-state index is 12.9. The molecule has 0 radical (unpaired) electrons. The molecule has 4 rings (SSSR count). The van der Waals surface area contributed by atoms with E-state index in [9.17, 15) is 22.8 Å². The van der Waals surface area contributed by atoms with Crippen LogP contribution in [0.3, 0.4) is 0 Å². The SMILES string of the molecule is CCN(CC)Cc1ccc(C(=O)Oc2ccc(Cl)cc2Cn2nc(-c3ccc(C(F)(F)F)cc3)oc2=O)cc1.Cl. The van der Waals surface area contributed by atoms with Gasteiger partial charge in [0.05, 0.1) is 17.7 Å². The van der Waals surface area contributed by atoms with Crippen LogP contribution in [0.25, 0.3) is 11.5 Å². The summed E-state index contributed by atoms with van der Waals surface area (Å²) < 4.78 is 50.3. The van der Waals surface area contributed by atoms with Crippen LogP contribution in [-0.2, 0) is 19.3 Å². The molecule has 0 amide bonds. The summed E-state index contributed by atoms with van der Waals surface area (Å²) >= 11 is 6.14. The van der Waals surface area contributed by atoms with Gasteiger partial charge >= 0.3 is 17.9 Å². The Balaban J connectivity index is 0.00000441. The number of hydrogen-bond acceptors (Lipinski definition) is 6. The molecule has 0 atom stereocenters. The molecular weight excluding hydrogens is 570 g/mol. The molecule has 0 bridgehead atoms. The first kappa shape index (κ1) is 30.9. The van der Waals surface area contributed by atoms with Gasteiger partial charge in [-0.3, -0.25) is 4.90 Å². The maximum Gasteiger partial charge on any atom is 0.437 e. The Kier molecular flexibility index (Phi) is 10.2. The van der Waals surface area contributed by atoms with Crippen molar-refractivity contribution in [2.24, 2.45) is 0 Å². The summed E-state index contributed by atoms with van der Waals surface area (Å²) in [5, 5.41) is 4.43. The number of hydrogen-bond donors (Lipinski definition) is 0. The highest BCUT2D eigenvalue weighted by molar-refractivity contribution is 6.30. The van der Waals surface area contributed by atoms with Gasteiger partial charge in [0.25, 0.3) is 0 Å². The van der Waals surface area contributed by atoms with Crippen molar-refractivity contribution in [3.8, 4) is 17.2 Å². The Morgan fingerprint density at radius 2 is 1.68 bits per heavy atom. The van der Waals surface area contributed by atoms with Gasteiger partial charge in [-0.05, 0) is 73.3 Å². The van der Waals surface area contributed by atoms with Crippen LogP contribution in [0.15, 0.2) is 75.9 Å². The Morgan fingerprint density at radius 1 is 1.02 bits per heavy atom. The van der Waals surface area contributed by atoms with Gasteiger partial charge in [0.2, 0.25) is 5.89 Å². The van der Waals surface area contributed by atoms with Gasteiger partial charge < -0.3 is 9.15 Å². The highest BCUT2D eigenvalue weighted by Crippen LogP contribution is 2.30. The lowest BCUT2D eigenvalue weighted by atomic mass is 10.1. The number of halogens is 5. The smallest absolute Gasteiger partial charge is 0.423 e. The first-order chi connectivity index (χ1) is 18.6. The van der Waals surface area contributed by atoms with Gasteiger partial charge in [-0.15, -0.1) is 17.5 Å². The predicted octanol–water partition coefficient (Wildman–Crippen LogP) is 6.71. The van der Waals surface area contributed by atoms with Crippen molar-refractivity contribution in [1.82, 2.24) is 14.7 Å². The summed E-state index contributed by atoms with van der Waals surface area (Å²) in [4.78, 5) is 27.6.